The summed E-state index contributed by atoms with van der Waals surface area (Å²) in [7, 11) is -1.05. The number of nitrogens with zero attached hydrogens (tertiary/aromatic N) is 1. The zero-order chi connectivity index (χ0) is 20.9. The smallest absolute Gasteiger partial charge is 0.175 e. The molecule has 1 atom stereocenters. The highest BCUT2D eigenvalue weighted by atomic mass is 35.5. The Hall–Kier alpha value is -1.56. The molecule has 2 aromatic rings. The number of aliphatic imine (C=N–C) groups is 1. The maximum atomic E-state index is 12.3. The molecular weight excluding hydrogens is 429 g/mol. The van der Waals surface area contributed by atoms with E-state index in [4.69, 9.17) is 32.7 Å². The fraction of sp³-hybridized carbons (Fsp3) is 0.409. The molecule has 0 saturated carbocycles. The van der Waals surface area contributed by atoms with Crippen molar-refractivity contribution < 1.29 is 13.7 Å². The molecule has 1 unspecified atom stereocenters. The summed E-state index contributed by atoms with van der Waals surface area (Å²) in [6.07, 6.45) is 5.39. The molecule has 3 rings (SSSR count). The van der Waals surface area contributed by atoms with Gasteiger partial charge in [-0.15, -0.1) is 0 Å². The number of hydrogen-bond acceptors (Lipinski definition) is 4. The van der Waals surface area contributed by atoms with E-state index in [0.717, 1.165) is 47.6 Å². The average molecular weight is 454 g/mol. The summed E-state index contributed by atoms with van der Waals surface area (Å²) in [5.74, 6) is 1.46. The van der Waals surface area contributed by atoms with E-state index in [1.54, 1.807) is 18.2 Å². The van der Waals surface area contributed by atoms with Crippen LogP contribution < -0.4 is 4.74 Å². The summed E-state index contributed by atoms with van der Waals surface area (Å²) in [4.78, 5) is 4.99. The number of unbranched alkanes of at least 4 members (excludes halogenated alkanes) is 3. The van der Waals surface area contributed by atoms with E-state index in [9.17, 15) is 4.21 Å². The van der Waals surface area contributed by atoms with Crippen molar-refractivity contribution in [3.63, 3.8) is 0 Å². The Morgan fingerprint density at radius 1 is 1.03 bits per heavy atom. The van der Waals surface area contributed by atoms with Crippen molar-refractivity contribution in [3.05, 3.63) is 52.0 Å². The highest BCUT2D eigenvalue weighted by Crippen LogP contribution is 2.37. The molecule has 7 heteroatoms. The van der Waals surface area contributed by atoms with Crippen LogP contribution in [0.3, 0.4) is 0 Å². The van der Waals surface area contributed by atoms with Gasteiger partial charge in [0.2, 0.25) is 0 Å². The van der Waals surface area contributed by atoms with Crippen LogP contribution in [0.4, 0.5) is 5.69 Å². The second-order valence-corrected chi connectivity index (χ2v) is 9.81. The van der Waals surface area contributed by atoms with Crippen molar-refractivity contribution in [2.45, 2.75) is 50.0 Å². The molecule has 29 heavy (non-hydrogen) atoms. The lowest BCUT2D eigenvalue weighted by Gasteiger charge is -2.29. The van der Waals surface area contributed by atoms with Crippen molar-refractivity contribution in [2.75, 3.05) is 12.4 Å². The normalized spacial score (nSPS) is 15.4. The molecule has 0 spiro atoms. The second-order valence-electron chi connectivity index (χ2n) is 7.43. The minimum atomic E-state index is -1.05. The van der Waals surface area contributed by atoms with Crippen molar-refractivity contribution >= 4 is 46.1 Å². The Bertz CT molecular complexity index is 915. The van der Waals surface area contributed by atoms with Crippen molar-refractivity contribution in [1.29, 1.82) is 0 Å². The van der Waals surface area contributed by atoms with Gasteiger partial charge in [0.1, 0.15) is 11.4 Å². The minimum Gasteiger partial charge on any atom is -0.494 e. The van der Waals surface area contributed by atoms with Gasteiger partial charge in [0.25, 0.3) is 0 Å². The summed E-state index contributed by atoms with van der Waals surface area (Å²) in [5, 5.41) is 0.925. The Morgan fingerprint density at radius 3 is 2.62 bits per heavy atom. The molecule has 0 saturated heterocycles. The van der Waals surface area contributed by atoms with Crippen LogP contribution in [0, 0.1) is 0 Å². The lowest BCUT2D eigenvalue weighted by Crippen LogP contribution is -2.23. The third kappa shape index (κ3) is 5.97. The van der Waals surface area contributed by atoms with Gasteiger partial charge in [-0.25, -0.2) is 4.99 Å². The fourth-order valence-corrected chi connectivity index (χ4v) is 4.63. The van der Waals surface area contributed by atoms with Crippen LogP contribution in [0.5, 0.6) is 5.75 Å². The van der Waals surface area contributed by atoms with E-state index in [0.29, 0.717) is 22.4 Å². The summed E-state index contributed by atoms with van der Waals surface area (Å²) in [6.45, 7) is 4.69. The quantitative estimate of drug-likeness (QED) is 0.398. The van der Waals surface area contributed by atoms with Gasteiger partial charge >= 0.3 is 0 Å². The molecule has 0 aliphatic carbocycles. The molecule has 4 nitrogen and oxygen atoms in total. The van der Waals surface area contributed by atoms with Crippen molar-refractivity contribution in [1.82, 2.24) is 0 Å². The van der Waals surface area contributed by atoms with Crippen LogP contribution >= 0.6 is 23.2 Å². The van der Waals surface area contributed by atoms with Gasteiger partial charge < -0.3 is 9.47 Å². The third-order valence-corrected chi connectivity index (χ3v) is 6.98. The van der Waals surface area contributed by atoms with Gasteiger partial charge in [-0.3, -0.25) is 4.21 Å². The van der Waals surface area contributed by atoms with E-state index in [2.05, 4.69) is 4.99 Å². The van der Waals surface area contributed by atoms with Crippen molar-refractivity contribution in [3.8, 4) is 5.75 Å². The first-order valence-electron chi connectivity index (χ1n) is 9.68. The van der Waals surface area contributed by atoms with E-state index in [1.165, 1.54) is 6.40 Å². The Morgan fingerprint density at radius 2 is 1.83 bits per heavy atom. The first kappa shape index (κ1) is 22.1. The molecule has 2 aromatic carbocycles. The molecule has 1 aliphatic heterocycles. The largest absolute Gasteiger partial charge is 0.494 e. The van der Waals surface area contributed by atoms with Crippen LogP contribution in [0.15, 0.2) is 46.3 Å². The fourth-order valence-electron chi connectivity index (χ4n) is 3.09. The topological polar surface area (TPSA) is 47.9 Å². The third-order valence-electron chi connectivity index (χ3n) is 4.80. The van der Waals surface area contributed by atoms with E-state index in [-0.39, 0.29) is 0 Å². The lowest BCUT2D eigenvalue weighted by molar-refractivity contribution is 0.0998. The second kappa shape index (κ2) is 9.96. The molecule has 0 radical (unpaired) electrons. The monoisotopic (exact) mass is 453 g/mol. The number of ether oxygens (including phenoxy) is 2. The molecule has 156 valence electrons. The van der Waals surface area contributed by atoms with Gasteiger partial charge in [-0.05, 0) is 63.1 Å². The average Bonchev–Trinajstić information content (AvgIpc) is 2.69. The van der Waals surface area contributed by atoms with Crippen LogP contribution in [0.2, 0.25) is 10.0 Å². The maximum absolute atomic E-state index is 12.3. The first-order valence-corrected chi connectivity index (χ1v) is 11.8. The van der Waals surface area contributed by atoms with Crippen molar-refractivity contribution in [2.24, 2.45) is 4.99 Å². The van der Waals surface area contributed by atoms with E-state index in [1.807, 2.05) is 32.0 Å². The lowest BCUT2D eigenvalue weighted by atomic mass is 9.95. The Balaban J connectivity index is 1.36. The Kier molecular flexibility index (Phi) is 7.60. The van der Waals surface area contributed by atoms with Gasteiger partial charge in [-0.2, -0.15) is 0 Å². The number of halogens is 2. The van der Waals surface area contributed by atoms with Gasteiger partial charge in [0.15, 0.2) is 6.40 Å². The highest BCUT2D eigenvalue weighted by molar-refractivity contribution is 7.85. The summed E-state index contributed by atoms with van der Waals surface area (Å²) in [5.41, 5.74) is 1.55. The summed E-state index contributed by atoms with van der Waals surface area (Å²) < 4.78 is 23.8. The Labute approximate surface area is 184 Å². The first-order chi connectivity index (χ1) is 13.9. The maximum Gasteiger partial charge on any atom is 0.175 e. The predicted molar refractivity (Wildman–Crippen MR) is 120 cm³/mol. The van der Waals surface area contributed by atoms with E-state index < -0.39 is 16.4 Å². The zero-order valence-electron chi connectivity index (χ0n) is 16.6. The standard InChI is InChI=1S/C22H25Cl2NO3S/c1-22(2)18-13-16(7-10-21(18)25-15-28-22)27-11-5-3-4-6-12-29(26)17-8-9-19(23)20(24)14-17/h7-10,13-15H,3-6,11-12H2,1-2H3. The molecule has 0 aromatic heterocycles. The molecular formula is C22H25Cl2NO3S. The molecule has 0 bridgehead atoms. The van der Waals surface area contributed by atoms with Crippen LogP contribution in [0.1, 0.15) is 45.1 Å². The van der Waals surface area contributed by atoms with E-state index >= 15 is 0 Å². The highest BCUT2D eigenvalue weighted by Gasteiger charge is 2.27. The zero-order valence-corrected chi connectivity index (χ0v) is 18.9. The molecule has 0 amide bonds. The number of fused-ring (bicyclic) bond motifs is 1. The number of hydrogen-bond donors (Lipinski definition) is 0. The summed E-state index contributed by atoms with van der Waals surface area (Å²) in [6, 6.07) is 11.1. The van der Waals surface area contributed by atoms with Gasteiger partial charge in [-0.1, -0.05) is 36.0 Å². The SMILES string of the molecule is CC1(C)OC=Nc2ccc(OCCCCCCS(=O)c3ccc(Cl)c(Cl)c3)cc21. The summed E-state index contributed by atoms with van der Waals surface area (Å²) >= 11 is 11.9. The molecule has 0 N–H and O–H groups in total. The van der Waals surface area contributed by atoms with Crippen LogP contribution in [0.25, 0.3) is 0 Å². The van der Waals surface area contributed by atoms with Crippen LogP contribution in [-0.2, 0) is 21.1 Å². The minimum absolute atomic E-state index is 0.402. The van der Waals surface area contributed by atoms with Gasteiger partial charge in [0.05, 0.1) is 33.1 Å². The van der Waals surface area contributed by atoms with Gasteiger partial charge in [0, 0.05) is 16.2 Å². The molecule has 1 heterocycles. The number of benzene rings is 2. The predicted octanol–water partition coefficient (Wildman–Crippen LogP) is 6.67. The van der Waals surface area contributed by atoms with Crippen LogP contribution in [-0.4, -0.2) is 23.0 Å². The number of rotatable bonds is 9. The molecule has 0 fully saturated rings. The molecule has 1 aliphatic rings.